The van der Waals surface area contributed by atoms with Gasteiger partial charge in [-0.25, -0.2) is 0 Å². The normalized spacial score (nSPS) is 27.1. The van der Waals surface area contributed by atoms with Crippen LogP contribution in [0.3, 0.4) is 0 Å². The first kappa shape index (κ1) is 13.7. The Labute approximate surface area is 123 Å². The van der Waals surface area contributed by atoms with E-state index in [0.29, 0.717) is 11.6 Å². The Balaban J connectivity index is 1.90. The second kappa shape index (κ2) is 5.26. The maximum Gasteiger partial charge on any atom is 0.225 e. The van der Waals surface area contributed by atoms with Gasteiger partial charge in [0.1, 0.15) is 0 Å². The zero-order valence-electron chi connectivity index (χ0n) is 11.5. The van der Waals surface area contributed by atoms with Gasteiger partial charge in [-0.3, -0.25) is 4.79 Å². The predicted octanol–water partition coefficient (Wildman–Crippen LogP) is 2.11. The van der Waals surface area contributed by atoms with Crippen molar-refractivity contribution in [3.63, 3.8) is 0 Å². The number of aliphatic hydroxyl groups excluding tert-OH is 1. The Bertz CT molecular complexity index is 533. The number of fused-ring (bicyclic) bond motifs is 1. The third kappa shape index (κ3) is 2.27. The topological polar surface area (TPSA) is 52.6 Å². The van der Waals surface area contributed by atoms with Gasteiger partial charge in [0.25, 0.3) is 0 Å². The monoisotopic (exact) mass is 294 g/mol. The van der Waals surface area contributed by atoms with Gasteiger partial charge < -0.3 is 15.3 Å². The molecule has 2 unspecified atom stereocenters. The fourth-order valence-electron chi connectivity index (χ4n) is 3.27. The van der Waals surface area contributed by atoms with Crippen molar-refractivity contribution in [2.75, 3.05) is 18.0 Å². The van der Waals surface area contributed by atoms with Gasteiger partial charge in [0.15, 0.2) is 0 Å². The van der Waals surface area contributed by atoms with E-state index in [1.54, 1.807) is 6.92 Å². The lowest BCUT2D eigenvalue weighted by atomic mass is 9.91. The standard InChI is InChI=1S/C15H19ClN2O2/c1-9(19)10-4-5-13(12(16)7-10)18-6-2-3-11-14(18)8-17-15(11)20/h4-5,7,9,11,14,19H,2-3,6,8H2,1H3,(H,17,20)/t9-,11?,14?/m0/s1. The van der Waals surface area contributed by atoms with E-state index < -0.39 is 6.10 Å². The number of aliphatic hydroxyl groups is 1. The average molecular weight is 295 g/mol. The fraction of sp³-hybridized carbons (Fsp3) is 0.533. The number of hydrogen-bond donors (Lipinski definition) is 2. The van der Waals surface area contributed by atoms with E-state index in [4.69, 9.17) is 11.6 Å². The van der Waals surface area contributed by atoms with E-state index in [9.17, 15) is 9.90 Å². The highest BCUT2D eigenvalue weighted by atomic mass is 35.5. The SMILES string of the molecule is C[C@H](O)c1ccc(N2CCCC3C(=O)NCC32)c(Cl)c1. The van der Waals surface area contributed by atoms with Crippen LogP contribution in [-0.4, -0.2) is 30.1 Å². The minimum atomic E-state index is -0.523. The first-order valence-electron chi connectivity index (χ1n) is 7.10. The van der Waals surface area contributed by atoms with Crippen LogP contribution in [0.5, 0.6) is 0 Å². The Kier molecular flexibility index (Phi) is 3.61. The highest BCUT2D eigenvalue weighted by Gasteiger charge is 2.41. The van der Waals surface area contributed by atoms with Crippen LogP contribution in [-0.2, 0) is 4.79 Å². The van der Waals surface area contributed by atoms with Crippen LogP contribution in [0.4, 0.5) is 5.69 Å². The number of halogens is 1. The highest BCUT2D eigenvalue weighted by Crippen LogP contribution is 2.36. The first-order chi connectivity index (χ1) is 9.58. The van der Waals surface area contributed by atoms with Gasteiger partial charge in [-0.05, 0) is 37.5 Å². The Morgan fingerprint density at radius 2 is 2.30 bits per heavy atom. The van der Waals surface area contributed by atoms with Crippen molar-refractivity contribution < 1.29 is 9.90 Å². The summed E-state index contributed by atoms with van der Waals surface area (Å²) in [6, 6.07) is 5.87. The van der Waals surface area contributed by atoms with Gasteiger partial charge >= 0.3 is 0 Å². The molecule has 0 spiro atoms. The van der Waals surface area contributed by atoms with E-state index in [1.165, 1.54) is 0 Å². The minimum Gasteiger partial charge on any atom is -0.389 e. The molecule has 0 saturated carbocycles. The lowest BCUT2D eigenvalue weighted by molar-refractivity contribution is -0.122. The molecule has 1 amide bonds. The lowest BCUT2D eigenvalue weighted by Crippen LogP contribution is -2.45. The summed E-state index contributed by atoms with van der Waals surface area (Å²) in [5, 5.41) is 13.2. The maximum atomic E-state index is 11.8. The summed E-state index contributed by atoms with van der Waals surface area (Å²) >= 11 is 6.38. The molecule has 2 aliphatic heterocycles. The van der Waals surface area contributed by atoms with Crippen LogP contribution in [0.1, 0.15) is 31.4 Å². The molecule has 2 saturated heterocycles. The van der Waals surface area contributed by atoms with Crippen LogP contribution in [0.25, 0.3) is 0 Å². The lowest BCUT2D eigenvalue weighted by Gasteiger charge is -2.38. The van der Waals surface area contributed by atoms with Crippen molar-refractivity contribution in [1.29, 1.82) is 0 Å². The summed E-state index contributed by atoms with van der Waals surface area (Å²) in [6.07, 6.45) is 1.43. The number of nitrogens with one attached hydrogen (secondary N) is 1. The van der Waals surface area contributed by atoms with Gasteiger partial charge in [0.05, 0.1) is 28.8 Å². The van der Waals surface area contributed by atoms with E-state index in [0.717, 1.165) is 30.6 Å². The molecule has 1 aromatic carbocycles. The number of carbonyl (C=O) groups excluding carboxylic acids is 1. The number of amides is 1. The van der Waals surface area contributed by atoms with Gasteiger partial charge in [-0.2, -0.15) is 0 Å². The summed E-state index contributed by atoms with van der Waals surface area (Å²) in [4.78, 5) is 14.0. The molecule has 0 aromatic heterocycles. The van der Waals surface area contributed by atoms with E-state index in [-0.39, 0.29) is 17.9 Å². The first-order valence-corrected chi connectivity index (χ1v) is 7.47. The van der Waals surface area contributed by atoms with Gasteiger partial charge in [0, 0.05) is 13.1 Å². The molecule has 5 heteroatoms. The summed E-state index contributed by atoms with van der Waals surface area (Å²) in [5.74, 6) is 0.243. The summed E-state index contributed by atoms with van der Waals surface area (Å²) in [5.41, 5.74) is 1.77. The molecule has 3 atom stereocenters. The molecule has 1 aromatic rings. The molecule has 3 rings (SSSR count). The van der Waals surface area contributed by atoms with Crippen LogP contribution >= 0.6 is 11.6 Å². The number of benzene rings is 1. The highest BCUT2D eigenvalue weighted by molar-refractivity contribution is 6.33. The number of piperidine rings is 1. The smallest absolute Gasteiger partial charge is 0.225 e. The molecule has 2 fully saturated rings. The van der Waals surface area contributed by atoms with Crippen molar-refractivity contribution in [2.45, 2.75) is 31.9 Å². The summed E-state index contributed by atoms with van der Waals surface area (Å²) in [7, 11) is 0. The van der Waals surface area contributed by atoms with Crippen molar-refractivity contribution >= 4 is 23.2 Å². The van der Waals surface area contributed by atoms with Crippen molar-refractivity contribution in [3.05, 3.63) is 28.8 Å². The molecular formula is C15H19ClN2O2. The van der Waals surface area contributed by atoms with Crippen molar-refractivity contribution in [2.24, 2.45) is 5.92 Å². The van der Waals surface area contributed by atoms with Gasteiger partial charge in [0.2, 0.25) is 5.91 Å². The Hall–Kier alpha value is -1.26. The molecule has 0 aliphatic carbocycles. The molecule has 2 aliphatic rings. The van der Waals surface area contributed by atoms with Crippen LogP contribution in [0.15, 0.2) is 18.2 Å². The second-order valence-corrected chi connectivity index (χ2v) is 6.05. The minimum absolute atomic E-state index is 0.0799. The van der Waals surface area contributed by atoms with Crippen molar-refractivity contribution in [3.8, 4) is 0 Å². The third-order valence-corrected chi connectivity index (χ3v) is 4.67. The molecule has 4 nitrogen and oxygen atoms in total. The second-order valence-electron chi connectivity index (χ2n) is 5.64. The zero-order valence-corrected chi connectivity index (χ0v) is 12.2. The average Bonchev–Trinajstić information content (AvgIpc) is 2.81. The van der Waals surface area contributed by atoms with Crippen LogP contribution in [0.2, 0.25) is 5.02 Å². The largest absolute Gasteiger partial charge is 0.389 e. The zero-order chi connectivity index (χ0) is 14.3. The molecule has 0 bridgehead atoms. The molecule has 2 N–H and O–H groups in total. The third-order valence-electron chi connectivity index (χ3n) is 4.36. The fourth-order valence-corrected chi connectivity index (χ4v) is 3.56. The van der Waals surface area contributed by atoms with Crippen LogP contribution in [0, 0.1) is 5.92 Å². The Morgan fingerprint density at radius 3 is 3.00 bits per heavy atom. The summed E-state index contributed by atoms with van der Waals surface area (Å²) < 4.78 is 0. The van der Waals surface area contributed by atoms with E-state index >= 15 is 0 Å². The van der Waals surface area contributed by atoms with Crippen LogP contribution < -0.4 is 10.2 Å². The number of rotatable bonds is 2. The number of hydrogen-bond acceptors (Lipinski definition) is 3. The summed E-state index contributed by atoms with van der Waals surface area (Å²) in [6.45, 7) is 3.34. The number of anilines is 1. The number of carbonyl (C=O) groups is 1. The Morgan fingerprint density at radius 1 is 1.50 bits per heavy atom. The number of nitrogens with zero attached hydrogens (tertiary/aromatic N) is 1. The maximum absolute atomic E-state index is 11.8. The molecule has 108 valence electrons. The molecular weight excluding hydrogens is 276 g/mol. The molecule has 0 radical (unpaired) electrons. The van der Waals surface area contributed by atoms with Crippen molar-refractivity contribution in [1.82, 2.24) is 5.32 Å². The van der Waals surface area contributed by atoms with Gasteiger partial charge in [-0.15, -0.1) is 0 Å². The predicted molar refractivity (Wildman–Crippen MR) is 79.0 cm³/mol. The molecule has 2 heterocycles. The van der Waals surface area contributed by atoms with E-state index in [1.807, 2.05) is 18.2 Å². The van der Waals surface area contributed by atoms with E-state index in [2.05, 4.69) is 10.2 Å². The van der Waals surface area contributed by atoms with Gasteiger partial charge in [-0.1, -0.05) is 17.7 Å². The quantitative estimate of drug-likeness (QED) is 0.878. The molecule has 20 heavy (non-hydrogen) atoms.